The molecule has 0 fully saturated rings. The van der Waals surface area contributed by atoms with Crippen LogP contribution in [0.25, 0.3) is 17.1 Å². The van der Waals surface area contributed by atoms with E-state index in [2.05, 4.69) is 9.97 Å². The van der Waals surface area contributed by atoms with Gasteiger partial charge in [0.05, 0.1) is 17.6 Å². The summed E-state index contributed by atoms with van der Waals surface area (Å²) >= 11 is 0. The number of hydrogen-bond acceptors (Lipinski definition) is 5. The van der Waals surface area contributed by atoms with Gasteiger partial charge in [-0.05, 0) is 59.2 Å². The third kappa shape index (κ3) is 6.29. The fourth-order valence-electron chi connectivity index (χ4n) is 2.31. The number of carbonyl (C=O) groups excluding carboxylic acids is 2. The maximum Gasteiger partial charge on any atom is 0.420 e. The maximum atomic E-state index is 12.4. The molecule has 0 spiro atoms. The Bertz CT molecular complexity index is 913. The molecule has 152 valence electrons. The van der Waals surface area contributed by atoms with Crippen LogP contribution in [0.3, 0.4) is 0 Å². The molecule has 0 aliphatic rings. The van der Waals surface area contributed by atoms with Gasteiger partial charge in [-0.1, -0.05) is 18.2 Å². The van der Waals surface area contributed by atoms with Gasteiger partial charge in [-0.2, -0.15) is 0 Å². The van der Waals surface area contributed by atoms with Crippen LogP contribution in [0, 0.1) is 0 Å². The number of ether oxygens (including phenoxy) is 2. The minimum Gasteiger partial charge on any atom is -0.443 e. The molecule has 2 rings (SSSR count). The van der Waals surface area contributed by atoms with Crippen LogP contribution in [0.15, 0.2) is 29.1 Å². The first-order valence-corrected chi connectivity index (χ1v) is 8.96. The topological polar surface area (TPSA) is 104 Å². The summed E-state index contributed by atoms with van der Waals surface area (Å²) in [6.07, 6.45) is 1.83. The molecule has 0 saturated carbocycles. The van der Waals surface area contributed by atoms with Gasteiger partial charge in [0, 0.05) is 0 Å². The SMILES string of the molecule is CC(C)(C)OC(=O)N(C/C=C/c1ccc2[nH]c(=O)[nH]c2c1)C(=O)OC(C)(C)C. The molecule has 0 unspecified atom stereocenters. The number of aromatic amines is 2. The zero-order chi connectivity index (χ0) is 21.1. The first kappa shape index (κ1) is 21.3. The van der Waals surface area contributed by atoms with E-state index in [4.69, 9.17) is 9.47 Å². The van der Waals surface area contributed by atoms with E-state index >= 15 is 0 Å². The number of imidazole rings is 1. The molecule has 0 aliphatic heterocycles. The van der Waals surface area contributed by atoms with Gasteiger partial charge in [-0.3, -0.25) is 0 Å². The molecule has 2 aromatic rings. The second-order valence-electron chi connectivity index (χ2n) is 8.36. The summed E-state index contributed by atoms with van der Waals surface area (Å²) in [6.45, 7) is 10.3. The lowest BCUT2D eigenvalue weighted by molar-refractivity contribution is 0.00377. The van der Waals surface area contributed by atoms with Crippen molar-refractivity contribution >= 4 is 29.3 Å². The van der Waals surface area contributed by atoms with E-state index in [0.29, 0.717) is 11.0 Å². The summed E-state index contributed by atoms with van der Waals surface area (Å²) in [4.78, 5) is 42.5. The molecule has 0 saturated heterocycles. The smallest absolute Gasteiger partial charge is 0.420 e. The van der Waals surface area contributed by atoms with Crippen molar-refractivity contribution in [2.45, 2.75) is 52.7 Å². The number of benzene rings is 1. The monoisotopic (exact) mass is 389 g/mol. The lowest BCUT2D eigenvalue weighted by Gasteiger charge is -2.28. The Morgan fingerprint density at radius 2 is 1.50 bits per heavy atom. The van der Waals surface area contributed by atoms with Crippen LogP contribution < -0.4 is 5.69 Å². The van der Waals surface area contributed by atoms with E-state index in [1.807, 2.05) is 6.07 Å². The summed E-state index contributed by atoms with van der Waals surface area (Å²) in [7, 11) is 0. The lowest BCUT2D eigenvalue weighted by Crippen LogP contribution is -2.43. The van der Waals surface area contributed by atoms with Crippen molar-refractivity contribution in [3.8, 4) is 0 Å². The number of aromatic nitrogens is 2. The Hall–Kier alpha value is -3.03. The Morgan fingerprint density at radius 3 is 2.04 bits per heavy atom. The second-order valence-corrected chi connectivity index (χ2v) is 8.36. The van der Waals surface area contributed by atoms with Gasteiger partial charge >= 0.3 is 17.9 Å². The molecule has 0 atom stereocenters. The molecule has 0 aliphatic carbocycles. The van der Waals surface area contributed by atoms with Crippen molar-refractivity contribution in [2.24, 2.45) is 0 Å². The first-order chi connectivity index (χ1) is 12.8. The molecule has 2 amide bonds. The Labute approximate surface area is 163 Å². The van der Waals surface area contributed by atoms with Gasteiger partial charge < -0.3 is 19.4 Å². The number of amides is 2. The number of fused-ring (bicyclic) bond motifs is 1. The third-order valence-corrected chi connectivity index (χ3v) is 3.37. The van der Waals surface area contributed by atoms with Gasteiger partial charge in [0.15, 0.2) is 0 Å². The van der Waals surface area contributed by atoms with Gasteiger partial charge in [0.2, 0.25) is 0 Å². The minimum atomic E-state index is -0.781. The summed E-state index contributed by atoms with van der Waals surface area (Å²) in [5, 5.41) is 0. The molecule has 2 N–H and O–H groups in total. The maximum absolute atomic E-state index is 12.4. The Morgan fingerprint density at radius 1 is 0.964 bits per heavy atom. The number of hydrogen-bond donors (Lipinski definition) is 2. The molecular formula is C20H27N3O5. The van der Waals surface area contributed by atoms with E-state index in [1.54, 1.807) is 65.8 Å². The lowest BCUT2D eigenvalue weighted by atomic mass is 10.2. The average molecular weight is 389 g/mol. The quantitative estimate of drug-likeness (QED) is 0.824. The van der Waals surface area contributed by atoms with Crippen molar-refractivity contribution in [3.63, 3.8) is 0 Å². The largest absolute Gasteiger partial charge is 0.443 e. The molecule has 8 heteroatoms. The molecule has 1 aromatic heterocycles. The van der Waals surface area contributed by atoms with E-state index in [9.17, 15) is 14.4 Å². The van der Waals surface area contributed by atoms with E-state index < -0.39 is 23.4 Å². The number of nitrogens with one attached hydrogen (secondary N) is 2. The third-order valence-electron chi connectivity index (χ3n) is 3.37. The van der Waals surface area contributed by atoms with Crippen LogP contribution in [0.4, 0.5) is 9.59 Å². The molecule has 8 nitrogen and oxygen atoms in total. The number of rotatable bonds is 3. The van der Waals surface area contributed by atoms with Crippen LogP contribution >= 0.6 is 0 Å². The Kier molecular flexibility index (Phi) is 6.01. The number of H-pyrrole nitrogens is 2. The highest BCUT2D eigenvalue weighted by Gasteiger charge is 2.30. The van der Waals surface area contributed by atoms with Crippen LogP contribution in [0.5, 0.6) is 0 Å². The van der Waals surface area contributed by atoms with Crippen molar-refractivity contribution < 1.29 is 19.1 Å². The summed E-state index contributed by atoms with van der Waals surface area (Å²) in [5.41, 5.74) is 0.404. The van der Waals surface area contributed by atoms with E-state index in [-0.39, 0.29) is 12.2 Å². The zero-order valence-corrected chi connectivity index (χ0v) is 17.1. The molecule has 28 heavy (non-hydrogen) atoms. The summed E-state index contributed by atoms with van der Waals surface area (Å²) < 4.78 is 10.6. The van der Waals surface area contributed by atoms with Gasteiger partial charge in [-0.15, -0.1) is 0 Å². The van der Waals surface area contributed by atoms with Crippen LogP contribution in [-0.2, 0) is 9.47 Å². The van der Waals surface area contributed by atoms with Crippen LogP contribution in [-0.4, -0.2) is 44.8 Å². The normalized spacial score (nSPS) is 12.4. The zero-order valence-electron chi connectivity index (χ0n) is 17.1. The van der Waals surface area contributed by atoms with Gasteiger partial charge in [-0.25, -0.2) is 19.3 Å². The number of carbonyl (C=O) groups is 2. The van der Waals surface area contributed by atoms with E-state index in [1.165, 1.54) is 0 Å². The minimum absolute atomic E-state index is 0.0223. The molecular weight excluding hydrogens is 362 g/mol. The van der Waals surface area contributed by atoms with Gasteiger partial charge in [0.25, 0.3) is 0 Å². The first-order valence-electron chi connectivity index (χ1n) is 8.96. The molecule has 1 heterocycles. The van der Waals surface area contributed by atoms with E-state index in [0.717, 1.165) is 10.5 Å². The fraction of sp³-hybridized carbons (Fsp3) is 0.450. The van der Waals surface area contributed by atoms with Crippen LogP contribution in [0.2, 0.25) is 0 Å². The summed E-state index contributed by atoms with van der Waals surface area (Å²) in [6, 6.07) is 5.37. The van der Waals surface area contributed by atoms with Crippen molar-refractivity contribution in [2.75, 3.05) is 6.54 Å². The highest BCUT2D eigenvalue weighted by molar-refractivity contribution is 5.88. The molecule has 0 radical (unpaired) electrons. The van der Waals surface area contributed by atoms with Crippen LogP contribution in [0.1, 0.15) is 47.1 Å². The molecule has 1 aromatic carbocycles. The predicted octanol–water partition coefficient (Wildman–Crippen LogP) is 4.04. The Balaban J connectivity index is 2.17. The van der Waals surface area contributed by atoms with Crippen molar-refractivity contribution in [3.05, 3.63) is 40.3 Å². The number of nitrogens with zero attached hydrogens (tertiary/aromatic N) is 1. The highest BCUT2D eigenvalue weighted by Crippen LogP contribution is 2.15. The molecule has 0 bridgehead atoms. The van der Waals surface area contributed by atoms with Gasteiger partial charge in [0.1, 0.15) is 11.2 Å². The average Bonchev–Trinajstić information content (AvgIpc) is 2.87. The van der Waals surface area contributed by atoms with Crippen molar-refractivity contribution in [1.29, 1.82) is 0 Å². The predicted molar refractivity (Wildman–Crippen MR) is 107 cm³/mol. The fourth-order valence-corrected chi connectivity index (χ4v) is 2.31. The summed E-state index contributed by atoms with van der Waals surface area (Å²) in [5.74, 6) is 0. The number of imide groups is 1. The van der Waals surface area contributed by atoms with Crippen molar-refractivity contribution in [1.82, 2.24) is 14.9 Å². The highest BCUT2D eigenvalue weighted by atomic mass is 16.6. The standard InChI is InChI=1S/C20H27N3O5/c1-19(2,3)27-17(25)23(18(26)28-20(4,5)6)11-7-8-13-9-10-14-15(12-13)22-16(24)21-14/h7-10,12H,11H2,1-6H3,(H2,21,22,24)/b8-7+. The second kappa shape index (κ2) is 7.92.